The molecule has 0 aliphatic carbocycles. The van der Waals surface area contributed by atoms with E-state index in [0.29, 0.717) is 0 Å². The fourth-order valence-electron chi connectivity index (χ4n) is 1.01. The van der Waals surface area contributed by atoms with E-state index in [0.717, 1.165) is 15.0 Å². The lowest BCUT2D eigenvalue weighted by Crippen LogP contribution is -2.19. The molecule has 1 aromatic carbocycles. The van der Waals surface area contributed by atoms with E-state index in [1.165, 1.54) is 16.3 Å². The molecular formula is C9H11ClSi. The zero-order valence-corrected chi connectivity index (χ0v) is 8.57. The summed E-state index contributed by atoms with van der Waals surface area (Å²) in [7, 11) is 0.748. The number of hydrogen-bond donors (Lipinski definition) is 0. The highest BCUT2D eigenvalue weighted by molar-refractivity contribution is 6.62. The van der Waals surface area contributed by atoms with E-state index in [4.69, 9.17) is 11.6 Å². The van der Waals surface area contributed by atoms with Gasteiger partial charge in [-0.2, -0.15) is 0 Å². The fourth-order valence-corrected chi connectivity index (χ4v) is 2.27. The summed E-state index contributed by atoms with van der Waals surface area (Å²) in [5.41, 5.74) is 3.50. The first kappa shape index (κ1) is 8.82. The molecule has 0 aromatic heterocycles. The normalized spacial score (nSPS) is 10.1. The molecule has 0 fully saturated rings. The third-order valence-electron chi connectivity index (χ3n) is 1.86. The van der Waals surface area contributed by atoms with Crippen LogP contribution in [0.1, 0.15) is 11.1 Å². The quantitative estimate of drug-likeness (QED) is 0.484. The largest absolute Gasteiger partial charge is 0.130 e. The van der Waals surface area contributed by atoms with Crippen LogP contribution in [0.3, 0.4) is 0 Å². The molecule has 0 atom stereocenters. The van der Waals surface area contributed by atoms with E-state index < -0.39 is 0 Å². The van der Waals surface area contributed by atoms with Gasteiger partial charge in [0.2, 0.25) is 0 Å². The van der Waals surface area contributed by atoms with Crippen LogP contribution in [0, 0.1) is 13.8 Å². The fraction of sp³-hybridized carbons (Fsp3) is 0.333. The summed E-state index contributed by atoms with van der Waals surface area (Å²) in [6, 6.07) is 6.39. The summed E-state index contributed by atoms with van der Waals surface area (Å²) in [6.45, 7) is 4.29. The van der Waals surface area contributed by atoms with Crippen LogP contribution in [0.5, 0.6) is 0 Å². The maximum Gasteiger partial charge on any atom is 0.0992 e. The number of alkyl halides is 1. The minimum absolute atomic E-state index is 0.740. The van der Waals surface area contributed by atoms with Gasteiger partial charge in [0.1, 0.15) is 0 Å². The van der Waals surface area contributed by atoms with E-state index in [2.05, 4.69) is 32.0 Å². The second-order valence-corrected chi connectivity index (χ2v) is 4.52. The molecule has 2 radical (unpaired) electrons. The molecule has 0 aliphatic rings. The third-order valence-corrected chi connectivity index (χ3v) is 3.32. The van der Waals surface area contributed by atoms with E-state index >= 15 is 0 Å². The van der Waals surface area contributed by atoms with Crippen LogP contribution in [-0.4, -0.2) is 15.0 Å². The lowest BCUT2D eigenvalue weighted by atomic mass is 10.1. The Morgan fingerprint density at radius 1 is 1.36 bits per heavy atom. The zero-order valence-electron chi connectivity index (χ0n) is 6.82. The van der Waals surface area contributed by atoms with Gasteiger partial charge in [0.15, 0.2) is 0 Å². The Labute approximate surface area is 75.4 Å². The van der Waals surface area contributed by atoms with Crippen molar-refractivity contribution < 1.29 is 0 Å². The van der Waals surface area contributed by atoms with Crippen LogP contribution in [0.15, 0.2) is 18.2 Å². The van der Waals surface area contributed by atoms with E-state index in [9.17, 15) is 0 Å². The number of benzene rings is 1. The average molecular weight is 183 g/mol. The summed E-state index contributed by atoms with van der Waals surface area (Å²) in [5, 5.41) is 1.40. The lowest BCUT2D eigenvalue weighted by Gasteiger charge is -2.04. The molecule has 2 heteroatoms. The standard InChI is InChI=1S/C9H11ClSi/c1-7-4-3-5-9(8(7)2)11-6-10/h3-5H,6H2,1-2H3. The highest BCUT2D eigenvalue weighted by atomic mass is 35.5. The molecule has 0 spiro atoms. The molecule has 0 saturated carbocycles. The van der Waals surface area contributed by atoms with E-state index in [1.807, 2.05) is 0 Å². The average Bonchev–Trinajstić information content (AvgIpc) is 1.99. The van der Waals surface area contributed by atoms with Crippen LogP contribution < -0.4 is 5.19 Å². The number of hydrogen-bond acceptors (Lipinski definition) is 0. The van der Waals surface area contributed by atoms with Gasteiger partial charge in [0.25, 0.3) is 0 Å². The molecule has 0 N–H and O–H groups in total. The SMILES string of the molecule is Cc1cccc([Si]CCl)c1C. The Morgan fingerprint density at radius 2 is 2.09 bits per heavy atom. The molecule has 0 amide bonds. The Morgan fingerprint density at radius 3 is 2.73 bits per heavy atom. The summed E-state index contributed by atoms with van der Waals surface area (Å²) < 4.78 is 0. The smallest absolute Gasteiger partial charge is 0.0992 e. The van der Waals surface area contributed by atoms with E-state index in [1.54, 1.807) is 0 Å². The van der Waals surface area contributed by atoms with Gasteiger partial charge >= 0.3 is 0 Å². The van der Waals surface area contributed by atoms with Crippen molar-refractivity contribution in [2.24, 2.45) is 0 Å². The second-order valence-electron chi connectivity index (χ2n) is 2.56. The predicted molar refractivity (Wildman–Crippen MR) is 52.0 cm³/mol. The van der Waals surface area contributed by atoms with Crippen LogP contribution in [-0.2, 0) is 0 Å². The first-order chi connectivity index (χ1) is 5.25. The van der Waals surface area contributed by atoms with Crippen molar-refractivity contribution in [1.29, 1.82) is 0 Å². The molecule has 1 aromatic rings. The van der Waals surface area contributed by atoms with Gasteiger partial charge in [0.05, 0.1) is 9.52 Å². The molecule has 0 nitrogen and oxygen atoms in total. The molecule has 58 valence electrons. The van der Waals surface area contributed by atoms with Gasteiger partial charge in [-0.3, -0.25) is 0 Å². The van der Waals surface area contributed by atoms with Crippen LogP contribution in [0.25, 0.3) is 0 Å². The molecule has 0 unspecified atom stereocenters. The summed E-state index contributed by atoms with van der Waals surface area (Å²) >= 11 is 5.67. The van der Waals surface area contributed by atoms with Crippen LogP contribution in [0.2, 0.25) is 0 Å². The zero-order chi connectivity index (χ0) is 8.27. The molecule has 0 heterocycles. The van der Waals surface area contributed by atoms with Gasteiger partial charge in [-0.1, -0.05) is 23.4 Å². The minimum atomic E-state index is 0.740. The Bertz CT molecular complexity index is 245. The van der Waals surface area contributed by atoms with Crippen LogP contribution in [0.4, 0.5) is 0 Å². The van der Waals surface area contributed by atoms with Crippen molar-refractivity contribution in [2.75, 3.05) is 5.50 Å². The highest BCUT2D eigenvalue weighted by Crippen LogP contribution is 2.01. The van der Waals surface area contributed by atoms with Gasteiger partial charge in [-0.05, 0) is 25.0 Å². The summed E-state index contributed by atoms with van der Waals surface area (Å²) in [4.78, 5) is 0. The number of aryl methyl sites for hydroxylation is 1. The molecule has 11 heavy (non-hydrogen) atoms. The molecular weight excluding hydrogens is 172 g/mol. The van der Waals surface area contributed by atoms with Gasteiger partial charge < -0.3 is 0 Å². The molecule has 0 saturated heterocycles. The first-order valence-corrected chi connectivity index (χ1v) is 5.36. The topological polar surface area (TPSA) is 0 Å². The van der Waals surface area contributed by atoms with Crippen LogP contribution >= 0.6 is 11.6 Å². The van der Waals surface area contributed by atoms with Crippen molar-refractivity contribution in [1.82, 2.24) is 0 Å². The highest BCUT2D eigenvalue weighted by Gasteiger charge is 1.99. The van der Waals surface area contributed by atoms with E-state index in [-0.39, 0.29) is 0 Å². The second kappa shape index (κ2) is 3.93. The van der Waals surface area contributed by atoms with Crippen molar-refractivity contribution in [3.63, 3.8) is 0 Å². The summed E-state index contributed by atoms with van der Waals surface area (Å²) in [5.74, 6) is 0. The van der Waals surface area contributed by atoms with Gasteiger partial charge in [-0.25, -0.2) is 0 Å². The maximum atomic E-state index is 5.67. The Kier molecular flexibility index (Phi) is 3.15. The Balaban J connectivity index is 2.96. The third kappa shape index (κ3) is 2.08. The first-order valence-electron chi connectivity index (χ1n) is 3.61. The van der Waals surface area contributed by atoms with Crippen molar-refractivity contribution >= 4 is 26.3 Å². The molecule has 0 aliphatic heterocycles. The lowest BCUT2D eigenvalue weighted by molar-refractivity contribution is 1.37. The van der Waals surface area contributed by atoms with Gasteiger partial charge in [-0.15, -0.1) is 11.6 Å². The molecule has 0 bridgehead atoms. The van der Waals surface area contributed by atoms with Crippen molar-refractivity contribution in [2.45, 2.75) is 13.8 Å². The molecule has 1 rings (SSSR count). The monoisotopic (exact) mass is 182 g/mol. The summed E-state index contributed by atoms with van der Waals surface area (Å²) in [6.07, 6.45) is 0. The van der Waals surface area contributed by atoms with Crippen molar-refractivity contribution in [3.8, 4) is 0 Å². The Hall–Kier alpha value is -0.273. The van der Waals surface area contributed by atoms with Crippen molar-refractivity contribution in [3.05, 3.63) is 29.3 Å². The number of halogens is 1. The van der Waals surface area contributed by atoms with Gasteiger partial charge in [0, 0.05) is 5.50 Å². The predicted octanol–water partition coefficient (Wildman–Crippen LogP) is 1.83. The maximum absolute atomic E-state index is 5.67. The number of rotatable bonds is 2. The minimum Gasteiger partial charge on any atom is -0.130 e.